The molecular weight excluding hydrogens is 310 g/mol. The molecule has 1 aromatic heterocycles. The van der Waals surface area contributed by atoms with Crippen molar-refractivity contribution in [3.8, 4) is 0 Å². The Balaban J connectivity index is 0.00000264. The van der Waals surface area contributed by atoms with E-state index in [0.29, 0.717) is 6.54 Å². The van der Waals surface area contributed by atoms with Crippen LogP contribution in [0.3, 0.4) is 0 Å². The normalized spacial score (nSPS) is 10.0. The Morgan fingerprint density at radius 1 is 1.13 bits per heavy atom. The smallest absolute Gasteiger partial charge is 0.253 e. The predicted octanol–water partition coefficient (Wildman–Crippen LogP) is 2.58. The lowest BCUT2D eigenvalue weighted by molar-refractivity contribution is 0.0795. The summed E-state index contributed by atoms with van der Waals surface area (Å²) in [7, 11) is 3.78. The van der Waals surface area contributed by atoms with Gasteiger partial charge in [-0.3, -0.25) is 9.78 Å². The summed E-state index contributed by atoms with van der Waals surface area (Å²) in [6.45, 7) is 1.56. The molecule has 0 bridgehead atoms. The fourth-order valence-electron chi connectivity index (χ4n) is 2.36. The number of likely N-dealkylation sites (N-methyl/N-ethyl adjacent to an activating group) is 2. The van der Waals surface area contributed by atoms with Gasteiger partial charge in [-0.15, -0.1) is 12.4 Å². The van der Waals surface area contributed by atoms with E-state index in [9.17, 15) is 4.79 Å². The van der Waals surface area contributed by atoms with E-state index in [2.05, 4.69) is 10.3 Å². The van der Waals surface area contributed by atoms with Crippen LogP contribution in [0.4, 0.5) is 0 Å². The van der Waals surface area contributed by atoms with Crippen molar-refractivity contribution in [3.63, 3.8) is 0 Å². The van der Waals surface area contributed by atoms with Gasteiger partial charge in [-0.05, 0) is 55.8 Å². The number of nitrogens with one attached hydrogen (secondary N) is 1. The van der Waals surface area contributed by atoms with E-state index in [-0.39, 0.29) is 18.3 Å². The number of nitrogens with zero attached hydrogens (tertiary/aromatic N) is 2. The molecule has 2 aromatic rings. The Morgan fingerprint density at radius 3 is 2.52 bits per heavy atom. The first-order valence-corrected chi connectivity index (χ1v) is 7.59. The van der Waals surface area contributed by atoms with Gasteiger partial charge in [0.2, 0.25) is 0 Å². The van der Waals surface area contributed by atoms with Crippen LogP contribution in [0.2, 0.25) is 0 Å². The minimum Gasteiger partial charge on any atom is -0.341 e. The van der Waals surface area contributed by atoms with Crippen LogP contribution in [0, 0.1) is 0 Å². The Labute approximate surface area is 144 Å². The van der Waals surface area contributed by atoms with Crippen molar-refractivity contribution in [2.75, 3.05) is 27.2 Å². The fourth-order valence-corrected chi connectivity index (χ4v) is 2.36. The first-order valence-electron chi connectivity index (χ1n) is 7.59. The quantitative estimate of drug-likeness (QED) is 0.847. The summed E-state index contributed by atoms with van der Waals surface area (Å²) in [6.07, 6.45) is 5.26. The van der Waals surface area contributed by atoms with E-state index in [1.165, 1.54) is 5.56 Å². The third kappa shape index (κ3) is 5.66. The molecule has 0 radical (unpaired) electrons. The number of halogens is 1. The van der Waals surface area contributed by atoms with Crippen molar-refractivity contribution in [2.45, 2.75) is 12.8 Å². The van der Waals surface area contributed by atoms with Crippen molar-refractivity contribution in [3.05, 3.63) is 65.5 Å². The number of aromatic nitrogens is 1. The van der Waals surface area contributed by atoms with Crippen molar-refractivity contribution in [1.29, 1.82) is 0 Å². The van der Waals surface area contributed by atoms with Crippen molar-refractivity contribution < 1.29 is 4.79 Å². The number of carbonyl (C=O) groups excluding carboxylic acids is 1. The van der Waals surface area contributed by atoms with Gasteiger partial charge < -0.3 is 10.2 Å². The average molecular weight is 334 g/mol. The van der Waals surface area contributed by atoms with Gasteiger partial charge in [0.05, 0.1) is 0 Å². The van der Waals surface area contributed by atoms with Crippen LogP contribution in [0.5, 0.6) is 0 Å². The van der Waals surface area contributed by atoms with Crippen LogP contribution in [0.15, 0.2) is 48.8 Å². The molecule has 0 unspecified atom stereocenters. The van der Waals surface area contributed by atoms with Crippen LogP contribution < -0.4 is 5.32 Å². The zero-order chi connectivity index (χ0) is 15.8. The van der Waals surface area contributed by atoms with Gasteiger partial charge in [-0.25, -0.2) is 0 Å². The molecule has 124 valence electrons. The second-order valence-corrected chi connectivity index (χ2v) is 5.34. The number of carbonyl (C=O) groups is 1. The summed E-state index contributed by atoms with van der Waals surface area (Å²) >= 11 is 0. The topological polar surface area (TPSA) is 45.2 Å². The first-order chi connectivity index (χ1) is 10.7. The fraction of sp³-hybridized carbons (Fsp3) is 0.333. The second-order valence-electron chi connectivity index (χ2n) is 5.34. The lowest BCUT2D eigenvalue weighted by Gasteiger charge is -2.19. The van der Waals surface area contributed by atoms with Gasteiger partial charge in [0.15, 0.2) is 0 Å². The highest BCUT2D eigenvalue weighted by atomic mass is 35.5. The van der Waals surface area contributed by atoms with Crippen LogP contribution in [0.25, 0.3) is 0 Å². The van der Waals surface area contributed by atoms with Gasteiger partial charge in [0.1, 0.15) is 0 Å². The molecule has 4 nitrogen and oxygen atoms in total. The lowest BCUT2D eigenvalue weighted by Crippen LogP contribution is -2.30. The highest BCUT2D eigenvalue weighted by molar-refractivity contribution is 5.95. The highest BCUT2D eigenvalue weighted by Gasteiger charge is 2.14. The summed E-state index contributed by atoms with van der Waals surface area (Å²) < 4.78 is 0. The predicted molar refractivity (Wildman–Crippen MR) is 96.2 cm³/mol. The van der Waals surface area contributed by atoms with Crippen LogP contribution in [-0.4, -0.2) is 43.0 Å². The zero-order valence-corrected chi connectivity index (χ0v) is 14.5. The zero-order valence-electron chi connectivity index (χ0n) is 13.7. The summed E-state index contributed by atoms with van der Waals surface area (Å²) in [6, 6.07) is 11.8. The van der Waals surface area contributed by atoms with Crippen LogP contribution in [0.1, 0.15) is 21.5 Å². The number of hydrogen-bond donors (Lipinski definition) is 1. The molecule has 0 spiro atoms. The molecular formula is C18H24ClN3O. The van der Waals surface area contributed by atoms with E-state index >= 15 is 0 Å². The summed E-state index contributed by atoms with van der Waals surface area (Å²) in [5.41, 5.74) is 3.09. The van der Waals surface area contributed by atoms with E-state index in [1.807, 2.05) is 50.5 Å². The number of rotatable bonds is 7. The summed E-state index contributed by atoms with van der Waals surface area (Å²) in [4.78, 5) is 18.4. The maximum absolute atomic E-state index is 12.6. The Morgan fingerprint density at radius 2 is 1.83 bits per heavy atom. The molecule has 0 atom stereocenters. The van der Waals surface area contributed by atoms with Crippen molar-refractivity contribution in [2.24, 2.45) is 0 Å². The SMILES string of the molecule is CNCCc1ccccc1C(=O)N(C)CCc1ccncc1.Cl. The van der Waals surface area contributed by atoms with Gasteiger partial charge >= 0.3 is 0 Å². The maximum Gasteiger partial charge on any atom is 0.253 e. The molecule has 0 aliphatic heterocycles. The van der Waals surface area contributed by atoms with E-state index < -0.39 is 0 Å². The Kier molecular flexibility index (Phi) is 8.30. The largest absolute Gasteiger partial charge is 0.341 e. The molecule has 5 heteroatoms. The molecule has 0 saturated carbocycles. The van der Waals surface area contributed by atoms with E-state index in [1.54, 1.807) is 17.3 Å². The molecule has 1 N–H and O–H groups in total. The lowest BCUT2D eigenvalue weighted by atomic mass is 10.0. The molecule has 1 heterocycles. The minimum absolute atomic E-state index is 0. The van der Waals surface area contributed by atoms with Crippen molar-refractivity contribution >= 4 is 18.3 Å². The number of amides is 1. The molecule has 0 fully saturated rings. The van der Waals surface area contributed by atoms with Crippen LogP contribution >= 0.6 is 12.4 Å². The van der Waals surface area contributed by atoms with E-state index in [0.717, 1.165) is 30.5 Å². The van der Waals surface area contributed by atoms with Gasteiger partial charge in [-0.2, -0.15) is 0 Å². The number of benzene rings is 1. The molecule has 0 aliphatic rings. The average Bonchev–Trinajstić information content (AvgIpc) is 2.58. The Bertz CT molecular complexity index is 604. The van der Waals surface area contributed by atoms with Crippen molar-refractivity contribution in [1.82, 2.24) is 15.2 Å². The van der Waals surface area contributed by atoms with Gasteiger partial charge in [-0.1, -0.05) is 18.2 Å². The number of hydrogen-bond acceptors (Lipinski definition) is 3. The summed E-state index contributed by atoms with van der Waals surface area (Å²) in [5, 5.41) is 3.13. The molecule has 1 aromatic carbocycles. The third-order valence-corrected chi connectivity index (χ3v) is 3.72. The van der Waals surface area contributed by atoms with Gasteiger partial charge in [0, 0.05) is 31.5 Å². The Hall–Kier alpha value is -1.91. The highest BCUT2D eigenvalue weighted by Crippen LogP contribution is 2.12. The summed E-state index contributed by atoms with van der Waals surface area (Å²) in [5.74, 6) is 0.0840. The van der Waals surface area contributed by atoms with Crippen LogP contribution in [-0.2, 0) is 12.8 Å². The van der Waals surface area contributed by atoms with Gasteiger partial charge in [0.25, 0.3) is 5.91 Å². The third-order valence-electron chi connectivity index (χ3n) is 3.72. The number of pyridine rings is 1. The maximum atomic E-state index is 12.6. The molecule has 0 saturated heterocycles. The molecule has 0 aliphatic carbocycles. The monoisotopic (exact) mass is 333 g/mol. The standard InChI is InChI=1S/C18H23N3O.ClH/c1-19-11-9-16-5-3-4-6-17(16)18(22)21(2)14-10-15-7-12-20-13-8-15;/h3-8,12-13,19H,9-11,14H2,1-2H3;1H. The molecule has 23 heavy (non-hydrogen) atoms. The van der Waals surface area contributed by atoms with E-state index in [4.69, 9.17) is 0 Å². The second kappa shape index (κ2) is 9.98. The first kappa shape index (κ1) is 19.1. The minimum atomic E-state index is 0. The molecule has 2 rings (SSSR count). The molecule has 1 amide bonds.